The molecule has 0 atom stereocenters. The van der Waals surface area contributed by atoms with Crippen LogP contribution in [0.25, 0.3) is 0 Å². The summed E-state index contributed by atoms with van der Waals surface area (Å²) in [4.78, 5) is 11.2. The molecule has 2 aromatic rings. The van der Waals surface area contributed by atoms with Crippen LogP contribution in [0.1, 0.15) is 23.6 Å². The molecule has 2 aromatic carbocycles. The minimum atomic E-state index is -0.346. The molecule has 0 aromatic heterocycles. The van der Waals surface area contributed by atoms with Crippen molar-refractivity contribution in [3.05, 3.63) is 57.6 Å². The summed E-state index contributed by atoms with van der Waals surface area (Å²) < 4.78 is 11.9. The summed E-state index contributed by atoms with van der Waals surface area (Å²) in [5, 5.41) is 0. The predicted molar refractivity (Wildman–Crippen MR) is 85.7 cm³/mol. The molecule has 0 heterocycles. The van der Waals surface area contributed by atoms with Crippen molar-refractivity contribution in [3.63, 3.8) is 0 Å². The van der Waals surface area contributed by atoms with Crippen molar-refractivity contribution in [1.29, 1.82) is 0 Å². The molecular formula is C17H17BrO3. The Bertz CT molecular complexity index is 665. The zero-order valence-corrected chi connectivity index (χ0v) is 13.9. The van der Waals surface area contributed by atoms with E-state index in [1.807, 2.05) is 38.1 Å². The van der Waals surface area contributed by atoms with E-state index in [2.05, 4.69) is 22.0 Å². The summed E-state index contributed by atoms with van der Waals surface area (Å²) in [5.41, 5.74) is 3.09. The molecule has 2 rings (SSSR count). The van der Waals surface area contributed by atoms with Gasteiger partial charge in [0.25, 0.3) is 0 Å². The van der Waals surface area contributed by atoms with E-state index in [1.165, 1.54) is 12.5 Å². The van der Waals surface area contributed by atoms with Crippen LogP contribution >= 0.6 is 15.9 Å². The minimum absolute atomic E-state index is 0.327. The zero-order valence-electron chi connectivity index (χ0n) is 12.3. The second-order valence-electron chi connectivity index (χ2n) is 4.87. The van der Waals surface area contributed by atoms with Gasteiger partial charge < -0.3 is 9.47 Å². The number of aryl methyl sites for hydroxylation is 2. The quantitative estimate of drug-likeness (QED) is 0.599. The first-order valence-corrected chi connectivity index (χ1v) is 7.42. The lowest BCUT2D eigenvalue weighted by Crippen LogP contribution is -2.06. The van der Waals surface area contributed by atoms with E-state index in [1.54, 1.807) is 6.07 Å². The Kier molecular flexibility index (Phi) is 5.02. The number of esters is 1. The monoisotopic (exact) mass is 348 g/mol. The molecule has 0 amide bonds. The van der Waals surface area contributed by atoms with Gasteiger partial charge in [0.15, 0.2) is 0 Å². The number of carbonyl (C=O) groups is 1. The maximum Gasteiger partial charge on any atom is 0.308 e. The molecular weight excluding hydrogens is 332 g/mol. The summed E-state index contributed by atoms with van der Waals surface area (Å²) in [5.74, 6) is 0.993. The van der Waals surface area contributed by atoms with Crippen molar-refractivity contribution < 1.29 is 14.3 Å². The van der Waals surface area contributed by atoms with Crippen LogP contribution in [-0.4, -0.2) is 5.97 Å². The molecule has 0 aliphatic carbocycles. The van der Waals surface area contributed by atoms with E-state index >= 15 is 0 Å². The Morgan fingerprint density at radius 3 is 2.57 bits per heavy atom. The first kappa shape index (κ1) is 15.6. The summed E-state index contributed by atoms with van der Waals surface area (Å²) >= 11 is 3.47. The number of hydrogen-bond donors (Lipinski definition) is 0. The number of ether oxygens (including phenoxy) is 2. The lowest BCUT2D eigenvalue weighted by molar-refractivity contribution is -0.131. The smallest absolute Gasteiger partial charge is 0.308 e. The molecule has 0 radical (unpaired) electrons. The van der Waals surface area contributed by atoms with E-state index < -0.39 is 0 Å². The van der Waals surface area contributed by atoms with Gasteiger partial charge in [0.1, 0.15) is 18.1 Å². The van der Waals surface area contributed by atoms with Gasteiger partial charge in [-0.25, -0.2) is 0 Å². The van der Waals surface area contributed by atoms with Crippen molar-refractivity contribution in [1.82, 2.24) is 0 Å². The molecule has 0 saturated carbocycles. The summed E-state index contributed by atoms with van der Waals surface area (Å²) in [7, 11) is 0. The molecule has 3 nitrogen and oxygen atoms in total. The Morgan fingerprint density at radius 1 is 1.14 bits per heavy atom. The third-order valence-electron chi connectivity index (χ3n) is 3.03. The van der Waals surface area contributed by atoms with Gasteiger partial charge in [-0.1, -0.05) is 39.7 Å². The van der Waals surface area contributed by atoms with Crippen LogP contribution in [0, 0.1) is 13.8 Å². The van der Waals surface area contributed by atoms with Crippen LogP contribution in [-0.2, 0) is 11.4 Å². The molecule has 0 N–H and O–H groups in total. The van der Waals surface area contributed by atoms with Crippen LogP contribution < -0.4 is 9.47 Å². The Balaban J connectivity index is 2.21. The Labute approximate surface area is 133 Å². The number of halogens is 1. The second kappa shape index (κ2) is 6.76. The highest BCUT2D eigenvalue weighted by Gasteiger charge is 2.11. The lowest BCUT2D eigenvalue weighted by Gasteiger charge is -2.14. The average Bonchev–Trinajstić information content (AvgIpc) is 2.39. The van der Waals surface area contributed by atoms with Gasteiger partial charge in [-0.2, -0.15) is 0 Å². The topological polar surface area (TPSA) is 35.5 Å². The fourth-order valence-electron chi connectivity index (χ4n) is 2.04. The molecule has 21 heavy (non-hydrogen) atoms. The Morgan fingerprint density at radius 2 is 1.90 bits per heavy atom. The van der Waals surface area contributed by atoms with Crippen LogP contribution in [0.4, 0.5) is 0 Å². The summed E-state index contributed by atoms with van der Waals surface area (Å²) in [6, 6.07) is 11.5. The molecule has 0 fully saturated rings. The molecule has 0 aliphatic rings. The average molecular weight is 349 g/mol. The van der Waals surface area contributed by atoms with Crippen molar-refractivity contribution >= 4 is 21.9 Å². The molecule has 0 bridgehead atoms. The van der Waals surface area contributed by atoms with Crippen molar-refractivity contribution in [3.8, 4) is 11.5 Å². The van der Waals surface area contributed by atoms with Gasteiger partial charge in [-0.15, -0.1) is 0 Å². The summed E-state index contributed by atoms with van der Waals surface area (Å²) in [6.07, 6.45) is 0. The van der Waals surface area contributed by atoms with E-state index in [4.69, 9.17) is 9.47 Å². The van der Waals surface area contributed by atoms with Gasteiger partial charge >= 0.3 is 5.97 Å². The maximum absolute atomic E-state index is 11.2. The van der Waals surface area contributed by atoms with Crippen LogP contribution in [0.15, 0.2) is 40.9 Å². The maximum atomic E-state index is 11.2. The number of benzene rings is 2. The predicted octanol–water partition coefficient (Wildman–Crippen LogP) is 4.57. The molecule has 4 heteroatoms. The van der Waals surface area contributed by atoms with Gasteiger partial charge in [-0.3, -0.25) is 4.79 Å². The zero-order chi connectivity index (χ0) is 15.4. The molecule has 0 aliphatic heterocycles. The molecule has 110 valence electrons. The number of carbonyl (C=O) groups excluding carboxylic acids is 1. The first-order valence-electron chi connectivity index (χ1n) is 6.63. The van der Waals surface area contributed by atoms with Crippen LogP contribution in [0.5, 0.6) is 11.5 Å². The van der Waals surface area contributed by atoms with Gasteiger partial charge in [-0.05, 0) is 37.6 Å². The van der Waals surface area contributed by atoms with Gasteiger partial charge in [0, 0.05) is 17.0 Å². The van der Waals surface area contributed by atoms with Crippen molar-refractivity contribution in [2.45, 2.75) is 27.4 Å². The molecule has 0 saturated heterocycles. The van der Waals surface area contributed by atoms with Crippen LogP contribution in [0.3, 0.4) is 0 Å². The van der Waals surface area contributed by atoms with E-state index in [9.17, 15) is 4.79 Å². The SMILES string of the molecule is CC(=O)Oc1cccc(Br)c1COc1ccc(C)cc1C. The number of rotatable bonds is 4. The van der Waals surface area contributed by atoms with Crippen LogP contribution in [0.2, 0.25) is 0 Å². The van der Waals surface area contributed by atoms with E-state index in [0.717, 1.165) is 21.3 Å². The highest BCUT2D eigenvalue weighted by molar-refractivity contribution is 9.10. The van der Waals surface area contributed by atoms with Crippen molar-refractivity contribution in [2.24, 2.45) is 0 Å². The Hall–Kier alpha value is -1.81. The third kappa shape index (κ3) is 4.08. The lowest BCUT2D eigenvalue weighted by atomic mass is 10.1. The standard InChI is InChI=1S/C17H17BrO3/c1-11-7-8-16(12(2)9-11)20-10-14-15(18)5-4-6-17(14)21-13(3)19/h4-9H,10H2,1-3H3. The van der Waals surface area contributed by atoms with Gasteiger partial charge in [0.05, 0.1) is 0 Å². The fraction of sp³-hybridized carbons (Fsp3) is 0.235. The van der Waals surface area contributed by atoms with E-state index in [0.29, 0.717) is 12.4 Å². The number of hydrogen-bond acceptors (Lipinski definition) is 3. The normalized spacial score (nSPS) is 10.3. The molecule has 0 spiro atoms. The van der Waals surface area contributed by atoms with E-state index in [-0.39, 0.29) is 5.97 Å². The first-order chi connectivity index (χ1) is 9.97. The molecule has 0 unspecified atom stereocenters. The largest absolute Gasteiger partial charge is 0.488 e. The highest BCUT2D eigenvalue weighted by Crippen LogP contribution is 2.29. The second-order valence-corrected chi connectivity index (χ2v) is 5.72. The van der Waals surface area contributed by atoms with Crippen molar-refractivity contribution in [2.75, 3.05) is 0 Å². The minimum Gasteiger partial charge on any atom is -0.488 e. The van der Waals surface area contributed by atoms with Gasteiger partial charge in [0.2, 0.25) is 0 Å². The fourth-order valence-corrected chi connectivity index (χ4v) is 2.50. The highest BCUT2D eigenvalue weighted by atomic mass is 79.9. The third-order valence-corrected chi connectivity index (χ3v) is 3.77. The summed E-state index contributed by atoms with van der Waals surface area (Å²) in [6.45, 7) is 5.77.